The summed E-state index contributed by atoms with van der Waals surface area (Å²) in [6.45, 7) is 9.45. The molecule has 0 rings (SSSR count). The van der Waals surface area contributed by atoms with Crippen LogP contribution in [0.25, 0.3) is 0 Å². The lowest BCUT2D eigenvalue weighted by atomic mass is 10.0. The average Bonchev–Trinajstić information content (AvgIpc) is 2.40. The summed E-state index contributed by atoms with van der Waals surface area (Å²) in [5.74, 6) is 0. The van der Waals surface area contributed by atoms with Gasteiger partial charge < -0.3 is 10.6 Å². The van der Waals surface area contributed by atoms with Gasteiger partial charge in [0.25, 0.3) is 0 Å². The van der Waals surface area contributed by atoms with Crippen LogP contribution < -0.4 is 10.6 Å². The molecule has 8 heteroatoms. The Morgan fingerprint density at radius 1 is 0.727 bits per heavy atom. The molecule has 0 spiro atoms. The Balaban J connectivity index is 3.45. The number of nitro groups is 2. The van der Waals surface area contributed by atoms with Crippen LogP contribution in [0.3, 0.4) is 0 Å². The molecule has 0 radical (unpaired) electrons. The van der Waals surface area contributed by atoms with Crippen molar-refractivity contribution in [2.24, 2.45) is 0 Å². The van der Waals surface area contributed by atoms with Gasteiger partial charge in [-0.2, -0.15) is 0 Å². The summed E-state index contributed by atoms with van der Waals surface area (Å²) < 4.78 is 0. The summed E-state index contributed by atoms with van der Waals surface area (Å²) in [7, 11) is 0. The highest BCUT2D eigenvalue weighted by Crippen LogP contribution is 2.12. The van der Waals surface area contributed by atoms with Gasteiger partial charge in [0.2, 0.25) is 11.1 Å². The molecule has 0 unspecified atom stereocenters. The van der Waals surface area contributed by atoms with Gasteiger partial charge in [0.05, 0.1) is 0 Å². The molecule has 0 saturated carbocycles. The summed E-state index contributed by atoms with van der Waals surface area (Å²) in [6, 6.07) is 0. The number of hydrogen-bond acceptors (Lipinski definition) is 6. The van der Waals surface area contributed by atoms with Crippen molar-refractivity contribution >= 4 is 0 Å². The van der Waals surface area contributed by atoms with Gasteiger partial charge in [-0.1, -0.05) is 0 Å². The number of nitrogens with one attached hydrogen (secondary N) is 2. The van der Waals surface area contributed by atoms with E-state index in [1.807, 2.05) is 0 Å². The van der Waals surface area contributed by atoms with Crippen molar-refractivity contribution in [2.75, 3.05) is 26.2 Å². The topological polar surface area (TPSA) is 110 Å². The summed E-state index contributed by atoms with van der Waals surface area (Å²) in [5, 5.41) is 27.9. The van der Waals surface area contributed by atoms with E-state index in [1.54, 1.807) is 27.7 Å². The van der Waals surface area contributed by atoms with Gasteiger partial charge in [-0.05, 0) is 25.9 Å². The van der Waals surface area contributed by atoms with Gasteiger partial charge in [0.15, 0.2) is 0 Å². The fourth-order valence-corrected chi connectivity index (χ4v) is 1.72. The van der Waals surface area contributed by atoms with Crippen LogP contribution in [0.5, 0.6) is 0 Å². The Kier molecular flexibility index (Phi) is 9.12. The lowest BCUT2D eigenvalue weighted by Gasteiger charge is -2.16. The first-order chi connectivity index (χ1) is 10.1. The standard InChI is InChI=1S/C14H30N4O4/c1-13(2,17(19)20)7-11-15-9-5-6-10-16-12-8-14(3,4)18(21)22/h15-16H,5-12H2,1-4H3. The lowest BCUT2D eigenvalue weighted by Crippen LogP contribution is -2.35. The Morgan fingerprint density at radius 2 is 1.05 bits per heavy atom. The second kappa shape index (κ2) is 9.68. The highest BCUT2D eigenvalue weighted by molar-refractivity contribution is 4.69. The SMILES string of the molecule is CC(C)(CCNCCCCNCCC(C)(C)[N+](=O)[O-])[N+](=O)[O-]. The van der Waals surface area contributed by atoms with Crippen LogP contribution in [0.15, 0.2) is 0 Å². The molecule has 0 amide bonds. The Morgan fingerprint density at radius 3 is 1.32 bits per heavy atom. The average molecular weight is 318 g/mol. The third-order valence-corrected chi connectivity index (χ3v) is 3.77. The van der Waals surface area contributed by atoms with E-state index >= 15 is 0 Å². The maximum absolute atomic E-state index is 10.7. The smallest absolute Gasteiger partial charge is 0.218 e. The second-order valence-corrected chi connectivity index (χ2v) is 6.85. The molecule has 0 bridgehead atoms. The largest absolute Gasteiger partial charge is 0.316 e. The van der Waals surface area contributed by atoms with Crippen LogP contribution in [-0.4, -0.2) is 47.1 Å². The van der Waals surface area contributed by atoms with Gasteiger partial charge in [-0.3, -0.25) is 20.2 Å². The second-order valence-electron chi connectivity index (χ2n) is 6.85. The van der Waals surface area contributed by atoms with Gasteiger partial charge in [-0.15, -0.1) is 0 Å². The Bertz CT molecular complexity index is 325. The molecule has 8 nitrogen and oxygen atoms in total. The van der Waals surface area contributed by atoms with E-state index in [0.29, 0.717) is 25.9 Å². The predicted molar refractivity (Wildman–Crippen MR) is 86.4 cm³/mol. The van der Waals surface area contributed by atoms with Gasteiger partial charge >= 0.3 is 0 Å². The number of hydrogen-bond donors (Lipinski definition) is 2. The molecule has 22 heavy (non-hydrogen) atoms. The summed E-state index contributed by atoms with van der Waals surface area (Å²) in [4.78, 5) is 21.0. The van der Waals surface area contributed by atoms with E-state index in [-0.39, 0.29) is 9.85 Å². The highest BCUT2D eigenvalue weighted by atomic mass is 16.6. The number of unbranched alkanes of at least 4 members (excludes halogenated alkanes) is 1. The summed E-state index contributed by atoms with van der Waals surface area (Å²) in [6.07, 6.45) is 2.97. The molecule has 0 aliphatic carbocycles. The fourth-order valence-electron chi connectivity index (χ4n) is 1.72. The molecule has 130 valence electrons. The van der Waals surface area contributed by atoms with Crippen LogP contribution in [0.2, 0.25) is 0 Å². The van der Waals surface area contributed by atoms with E-state index in [1.165, 1.54) is 0 Å². The Hall–Kier alpha value is -1.28. The highest BCUT2D eigenvalue weighted by Gasteiger charge is 2.30. The summed E-state index contributed by atoms with van der Waals surface area (Å²) in [5.41, 5.74) is -1.75. The van der Waals surface area contributed by atoms with Crippen molar-refractivity contribution in [1.82, 2.24) is 10.6 Å². The molecule has 0 heterocycles. The zero-order valence-corrected chi connectivity index (χ0v) is 14.2. The minimum Gasteiger partial charge on any atom is -0.316 e. The van der Waals surface area contributed by atoms with E-state index in [4.69, 9.17) is 0 Å². The zero-order chi connectivity index (χ0) is 17.2. The molecule has 0 saturated heterocycles. The van der Waals surface area contributed by atoms with Crippen LogP contribution in [0.4, 0.5) is 0 Å². The van der Waals surface area contributed by atoms with Gasteiger partial charge in [0.1, 0.15) is 0 Å². The third-order valence-electron chi connectivity index (χ3n) is 3.77. The van der Waals surface area contributed by atoms with Crippen molar-refractivity contribution in [1.29, 1.82) is 0 Å². The van der Waals surface area contributed by atoms with Gasteiger partial charge in [-0.25, -0.2) is 0 Å². The van der Waals surface area contributed by atoms with Crippen molar-refractivity contribution in [3.8, 4) is 0 Å². The lowest BCUT2D eigenvalue weighted by molar-refractivity contribution is -0.561. The molecule has 0 aromatic rings. The molecular formula is C14H30N4O4. The normalized spacial score (nSPS) is 12.4. The van der Waals surface area contributed by atoms with Crippen molar-refractivity contribution in [3.05, 3.63) is 20.2 Å². The maximum Gasteiger partial charge on any atom is 0.218 e. The molecular weight excluding hydrogens is 288 g/mol. The summed E-state index contributed by atoms with van der Waals surface area (Å²) >= 11 is 0. The molecule has 0 aliphatic heterocycles. The fraction of sp³-hybridized carbons (Fsp3) is 1.00. The molecule has 0 aromatic heterocycles. The van der Waals surface area contributed by atoms with Crippen LogP contribution in [0.1, 0.15) is 53.4 Å². The van der Waals surface area contributed by atoms with Crippen molar-refractivity contribution < 1.29 is 9.85 Å². The minimum absolute atomic E-state index is 0.245. The quantitative estimate of drug-likeness (QED) is 0.304. The number of rotatable bonds is 13. The molecule has 0 aliphatic rings. The van der Waals surface area contributed by atoms with Crippen molar-refractivity contribution in [3.63, 3.8) is 0 Å². The van der Waals surface area contributed by atoms with E-state index in [0.717, 1.165) is 25.9 Å². The zero-order valence-electron chi connectivity index (χ0n) is 14.2. The predicted octanol–water partition coefficient (Wildman–Crippen LogP) is 1.84. The van der Waals surface area contributed by atoms with E-state index in [2.05, 4.69) is 10.6 Å². The third kappa shape index (κ3) is 8.89. The Labute approximate surface area is 132 Å². The van der Waals surface area contributed by atoms with Gasteiger partial charge in [0, 0.05) is 63.5 Å². The van der Waals surface area contributed by atoms with Crippen LogP contribution in [0, 0.1) is 20.2 Å². The van der Waals surface area contributed by atoms with Crippen LogP contribution >= 0.6 is 0 Å². The van der Waals surface area contributed by atoms with Crippen molar-refractivity contribution in [2.45, 2.75) is 64.5 Å². The monoisotopic (exact) mass is 318 g/mol. The molecule has 0 atom stereocenters. The molecule has 0 fully saturated rings. The van der Waals surface area contributed by atoms with E-state index < -0.39 is 11.1 Å². The van der Waals surface area contributed by atoms with E-state index in [9.17, 15) is 20.2 Å². The first-order valence-electron chi connectivity index (χ1n) is 7.80. The maximum atomic E-state index is 10.7. The molecule has 0 aromatic carbocycles. The first kappa shape index (κ1) is 20.7. The molecule has 2 N–H and O–H groups in total. The van der Waals surface area contributed by atoms with Crippen LogP contribution in [-0.2, 0) is 0 Å². The number of nitrogens with zero attached hydrogens (tertiary/aromatic N) is 2. The minimum atomic E-state index is -0.877. The first-order valence-corrected chi connectivity index (χ1v) is 7.80.